The molecule has 2 fully saturated rings. The maximum atomic E-state index is 13.6. The molecule has 5 heteroatoms. The summed E-state index contributed by atoms with van der Waals surface area (Å²) in [6.45, 7) is 8.74. The maximum Gasteiger partial charge on any atom is 0.123 e. The topological polar surface area (TPSA) is 25.5 Å². The minimum absolute atomic E-state index is 0.161. The van der Waals surface area contributed by atoms with E-state index in [4.69, 9.17) is 0 Å². The summed E-state index contributed by atoms with van der Waals surface area (Å²) >= 11 is 0. The van der Waals surface area contributed by atoms with E-state index < -0.39 is 0 Å². The third-order valence-corrected chi connectivity index (χ3v) is 6.50. The lowest BCUT2D eigenvalue weighted by Crippen LogP contribution is -2.63. The summed E-state index contributed by atoms with van der Waals surface area (Å²) in [6, 6.07) is 5.03. The molecular formula is C20H29FN4. The van der Waals surface area contributed by atoms with Crippen molar-refractivity contribution < 1.29 is 4.39 Å². The molecule has 136 valence electrons. The van der Waals surface area contributed by atoms with Crippen molar-refractivity contribution in [2.45, 2.75) is 31.8 Å². The molecule has 0 unspecified atom stereocenters. The van der Waals surface area contributed by atoms with Crippen molar-refractivity contribution in [1.29, 1.82) is 0 Å². The third-order valence-electron chi connectivity index (χ3n) is 6.50. The van der Waals surface area contributed by atoms with E-state index in [1.54, 1.807) is 6.07 Å². The first-order valence-corrected chi connectivity index (χ1v) is 9.36. The van der Waals surface area contributed by atoms with E-state index in [-0.39, 0.29) is 5.82 Å². The summed E-state index contributed by atoms with van der Waals surface area (Å²) in [7, 11) is 4.51. The van der Waals surface area contributed by atoms with Crippen molar-refractivity contribution in [2.75, 3.05) is 46.8 Å². The second-order valence-electron chi connectivity index (χ2n) is 8.08. The van der Waals surface area contributed by atoms with Crippen LogP contribution in [0.1, 0.15) is 24.1 Å². The van der Waals surface area contributed by atoms with Crippen LogP contribution in [0.3, 0.4) is 0 Å². The Labute approximate surface area is 149 Å². The second-order valence-corrected chi connectivity index (χ2v) is 8.08. The van der Waals surface area contributed by atoms with Gasteiger partial charge >= 0.3 is 0 Å². The van der Waals surface area contributed by atoms with Gasteiger partial charge in [0.1, 0.15) is 5.82 Å². The fourth-order valence-corrected chi connectivity index (χ4v) is 4.59. The first-order chi connectivity index (χ1) is 12.0. The molecule has 1 aromatic heterocycles. The number of benzene rings is 1. The minimum Gasteiger partial charge on any atom is -0.357 e. The second kappa shape index (κ2) is 6.38. The van der Waals surface area contributed by atoms with Crippen molar-refractivity contribution in [2.24, 2.45) is 0 Å². The highest BCUT2D eigenvalue weighted by atomic mass is 19.1. The van der Waals surface area contributed by atoms with E-state index in [1.165, 1.54) is 43.3 Å². The van der Waals surface area contributed by atoms with Crippen LogP contribution in [0.4, 0.5) is 4.39 Å². The largest absolute Gasteiger partial charge is 0.357 e. The normalized spacial score (nSPS) is 22.9. The van der Waals surface area contributed by atoms with Gasteiger partial charge in [-0.05, 0) is 70.7 Å². The van der Waals surface area contributed by atoms with E-state index in [0.29, 0.717) is 5.54 Å². The number of H-pyrrole nitrogens is 1. The number of aromatic amines is 1. The van der Waals surface area contributed by atoms with Crippen LogP contribution in [-0.4, -0.2) is 72.0 Å². The summed E-state index contributed by atoms with van der Waals surface area (Å²) in [5.41, 5.74) is 3.77. The molecule has 1 N–H and O–H groups in total. The number of hydrogen-bond acceptors (Lipinski definition) is 3. The van der Waals surface area contributed by atoms with Crippen LogP contribution in [0, 0.1) is 12.7 Å². The molecule has 0 amide bonds. The van der Waals surface area contributed by atoms with Crippen molar-refractivity contribution in [3.8, 4) is 0 Å². The Bertz CT molecular complexity index is 760. The first-order valence-electron chi connectivity index (χ1n) is 9.36. The molecule has 0 saturated carbocycles. The molecule has 2 aromatic rings. The Morgan fingerprint density at radius 2 is 1.88 bits per heavy atom. The van der Waals surface area contributed by atoms with Crippen molar-refractivity contribution >= 4 is 10.9 Å². The monoisotopic (exact) mass is 344 g/mol. The van der Waals surface area contributed by atoms with E-state index in [1.807, 2.05) is 6.07 Å². The molecule has 0 atom stereocenters. The molecular weight excluding hydrogens is 315 g/mol. The van der Waals surface area contributed by atoms with Gasteiger partial charge in [-0.1, -0.05) is 0 Å². The SMILES string of the molecule is Cc1c(CN2CCN(C)C3(CCN(C)CC3)C2)[nH]c2ccc(F)cc12. The third kappa shape index (κ3) is 3.09. The van der Waals surface area contributed by atoms with Crippen LogP contribution in [0.15, 0.2) is 18.2 Å². The molecule has 1 aromatic carbocycles. The lowest BCUT2D eigenvalue weighted by Gasteiger charge is -2.52. The van der Waals surface area contributed by atoms with Gasteiger partial charge in [-0.15, -0.1) is 0 Å². The zero-order valence-corrected chi connectivity index (χ0v) is 15.6. The number of aryl methyl sites for hydroxylation is 1. The first kappa shape index (κ1) is 17.0. The summed E-state index contributed by atoms with van der Waals surface area (Å²) in [5, 5.41) is 1.01. The quantitative estimate of drug-likeness (QED) is 0.907. The highest BCUT2D eigenvalue weighted by Crippen LogP contribution is 2.32. The van der Waals surface area contributed by atoms with Gasteiger partial charge < -0.3 is 9.88 Å². The van der Waals surface area contributed by atoms with E-state index in [2.05, 4.69) is 40.7 Å². The van der Waals surface area contributed by atoms with Gasteiger partial charge in [-0.3, -0.25) is 9.80 Å². The van der Waals surface area contributed by atoms with Gasteiger partial charge in [-0.2, -0.15) is 0 Å². The van der Waals surface area contributed by atoms with E-state index in [0.717, 1.165) is 37.1 Å². The standard InChI is InChI=1S/C20H29FN4/c1-15-17-12-16(21)4-5-18(17)22-19(15)13-25-11-10-24(3)20(14-25)6-8-23(2)9-7-20/h4-5,12,22H,6-11,13-14H2,1-3H3. The van der Waals surface area contributed by atoms with Gasteiger partial charge in [0.05, 0.1) is 0 Å². The molecule has 4 nitrogen and oxygen atoms in total. The number of nitrogens with one attached hydrogen (secondary N) is 1. The number of piperidine rings is 1. The summed E-state index contributed by atoms with van der Waals surface area (Å²) in [4.78, 5) is 11.1. The minimum atomic E-state index is -0.161. The van der Waals surface area contributed by atoms with Gasteiger partial charge in [-0.25, -0.2) is 4.39 Å². The Hall–Kier alpha value is -1.43. The average molecular weight is 344 g/mol. The predicted molar refractivity (Wildman–Crippen MR) is 100 cm³/mol. The van der Waals surface area contributed by atoms with Gasteiger partial charge in [0.25, 0.3) is 0 Å². The number of nitrogens with zero attached hydrogens (tertiary/aromatic N) is 3. The highest BCUT2D eigenvalue weighted by molar-refractivity contribution is 5.84. The molecule has 2 aliphatic heterocycles. The van der Waals surface area contributed by atoms with Gasteiger partial charge in [0.15, 0.2) is 0 Å². The zero-order valence-electron chi connectivity index (χ0n) is 15.6. The Morgan fingerprint density at radius 3 is 2.64 bits per heavy atom. The van der Waals surface area contributed by atoms with Gasteiger partial charge in [0.2, 0.25) is 0 Å². The van der Waals surface area contributed by atoms with E-state index in [9.17, 15) is 4.39 Å². The van der Waals surface area contributed by atoms with Crippen molar-refractivity contribution in [1.82, 2.24) is 19.7 Å². The number of likely N-dealkylation sites (tertiary alicyclic amines) is 1. The smallest absolute Gasteiger partial charge is 0.123 e. The Balaban J connectivity index is 1.54. The lowest BCUT2D eigenvalue weighted by atomic mass is 9.84. The lowest BCUT2D eigenvalue weighted by molar-refractivity contribution is -0.0261. The average Bonchev–Trinajstić information content (AvgIpc) is 2.90. The number of halogens is 1. The van der Waals surface area contributed by atoms with Crippen LogP contribution in [0.2, 0.25) is 0 Å². The molecule has 3 heterocycles. The Morgan fingerprint density at radius 1 is 1.12 bits per heavy atom. The number of aromatic nitrogens is 1. The summed E-state index contributed by atoms with van der Waals surface area (Å²) in [5.74, 6) is -0.161. The van der Waals surface area contributed by atoms with Crippen LogP contribution in [-0.2, 0) is 6.54 Å². The van der Waals surface area contributed by atoms with Crippen LogP contribution in [0.5, 0.6) is 0 Å². The van der Waals surface area contributed by atoms with Crippen LogP contribution < -0.4 is 0 Å². The number of rotatable bonds is 2. The number of hydrogen-bond donors (Lipinski definition) is 1. The fraction of sp³-hybridized carbons (Fsp3) is 0.600. The predicted octanol–water partition coefficient (Wildman–Crippen LogP) is 2.83. The van der Waals surface area contributed by atoms with Crippen molar-refractivity contribution in [3.05, 3.63) is 35.3 Å². The zero-order chi connectivity index (χ0) is 17.6. The number of likely N-dealkylation sites (N-methyl/N-ethyl adjacent to an activating group) is 1. The van der Waals surface area contributed by atoms with Crippen LogP contribution >= 0.6 is 0 Å². The molecule has 2 aliphatic rings. The highest BCUT2D eigenvalue weighted by Gasteiger charge is 2.41. The fourth-order valence-electron chi connectivity index (χ4n) is 4.59. The molecule has 0 aliphatic carbocycles. The molecule has 1 spiro atoms. The molecule has 0 radical (unpaired) electrons. The molecule has 2 saturated heterocycles. The maximum absolute atomic E-state index is 13.6. The molecule has 0 bridgehead atoms. The number of piperazine rings is 1. The van der Waals surface area contributed by atoms with Crippen molar-refractivity contribution in [3.63, 3.8) is 0 Å². The van der Waals surface area contributed by atoms with Gasteiger partial charge in [0, 0.05) is 48.3 Å². The molecule has 4 rings (SSSR count). The number of fused-ring (bicyclic) bond motifs is 1. The van der Waals surface area contributed by atoms with E-state index >= 15 is 0 Å². The molecule has 25 heavy (non-hydrogen) atoms. The van der Waals surface area contributed by atoms with Crippen LogP contribution in [0.25, 0.3) is 10.9 Å². The summed E-state index contributed by atoms with van der Waals surface area (Å²) < 4.78 is 13.6. The summed E-state index contributed by atoms with van der Waals surface area (Å²) in [6.07, 6.45) is 2.49. The Kier molecular flexibility index (Phi) is 4.34.